The zero-order chi connectivity index (χ0) is 10.8. The second-order valence-electron chi connectivity index (χ2n) is 3.49. The number of carbonyl (C=O) groups excluding carboxylic acids is 2. The second kappa shape index (κ2) is 3.81. The van der Waals surface area contributed by atoms with E-state index < -0.39 is 5.91 Å². The lowest BCUT2D eigenvalue weighted by Crippen LogP contribution is -2.27. The standard InChI is InChI=1S/C11H10FNO2/c12-9-4-2-1-3-8(9)7-13-6-5-10(14)11(13)15/h1-4H,5-7H2. The van der Waals surface area contributed by atoms with Crippen LogP contribution in [0.25, 0.3) is 0 Å². The molecule has 0 atom stereocenters. The van der Waals surface area contributed by atoms with Gasteiger partial charge in [-0.2, -0.15) is 0 Å². The summed E-state index contributed by atoms with van der Waals surface area (Å²) in [6.45, 7) is 0.573. The van der Waals surface area contributed by atoms with Crippen LogP contribution in [0.5, 0.6) is 0 Å². The molecule has 0 aliphatic carbocycles. The molecule has 0 saturated carbocycles. The van der Waals surface area contributed by atoms with Crippen molar-refractivity contribution in [1.29, 1.82) is 0 Å². The lowest BCUT2D eigenvalue weighted by atomic mass is 10.2. The maximum absolute atomic E-state index is 13.2. The summed E-state index contributed by atoms with van der Waals surface area (Å²) >= 11 is 0. The molecule has 0 radical (unpaired) electrons. The van der Waals surface area contributed by atoms with Crippen molar-refractivity contribution in [3.8, 4) is 0 Å². The maximum atomic E-state index is 13.2. The summed E-state index contributed by atoms with van der Waals surface area (Å²) in [7, 11) is 0. The quantitative estimate of drug-likeness (QED) is 0.682. The van der Waals surface area contributed by atoms with E-state index in [9.17, 15) is 14.0 Å². The first-order valence-electron chi connectivity index (χ1n) is 4.74. The Kier molecular flexibility index (Phi) is 2.49. The van der Waals surface area contributed by atoms with Crippen LogP contribution in [0.2, 0.25) is 0 Å². The molecule has 1 aliphatic heterocycles. The fourth-order valence-corrected chi connectivity index (χ4v) is 1.60. The summed E-state index contributed by atoms with van der Waals surface area (Å²) in [6, 6.07) is 6.26. The van der Waals surface area contributed by atoms with Crippen molar-refractivity contribution in [2.24, 2.45) is 0 Å². The minimum Gasteiger partial charge on any atom is -0.331 e. The summed E-state index contributed by atoms with van der Waals surface area (Å²) in [5.74, 6) is -1.23. The van der Waals surface area contributed by atoms with Crippen molar-refractivity contribution >= 4 is 11.7 Å². The van der Waals surface area contributed by atoms with E-state index in [2.05, 4.69) is 0 Å². The maximum Gasteiger partial charge on any atom is 0.290 e. The van der Waals surface area contributed by atoms with Gasteiger partial charge in [-0.05, 0) is 6.07 Å². The number of Topliss-reactive ketones (excluding diaryl/α,β-unsaturated/α-hetero) is 1. The van der Waals surface area contributed by atoms with E-state index in [1.165, 1.54) is 11.0 Å². The Morgan fingerprint density at radius 3 is 2.60 bits per heavy atom. The Bertz CT molecular complexity index is 417. The van der Waals surface area contributed by atoms with Gasteiger partial charge in [-0.1, -0.05) is 18.2 Å². The fraction of sp³-hybridized carbons (Fsp3) is 0.273. The predicted octanol–water partition coefficient (Wildman–Crippen LogP) is 1.13. The van der Waals surface area contributed by atoms with Crippen LogP contribution in [-0.4, -0.2) is 23.1 Å². The Morgan fingerprint density at radius 2 is 2.00 bits per heavy atom. The van der Waals surface area contributed by atoms with E-state index in [0.717, 1.165) is 0 Å². The molecular weight excluding hydrogens is 197 g/mol. The lowest BCUT2D eigenvalue weighted by molar-refractivity contribution is -0.140. The third kappa shape index (κ3) is 1.88. The number of amides is 1. The third-order valence-corrected chi connectivity index (χ3v) is 2.45. The molecule has 0 unspecified atom stereocenters. The lowest BCUT2D eigenvalue weighted by Gasteiger charge is -2.14. The molecular formula is C11H10FNO2. The first kappa shape index (κ1) is 9.83. The van der Waals surface area contributed by atoms with Crippen molar-refractivity contribution in [3.63, 3.8) is 0 Å². The predicted molar refractivity (Wildman–Crippen MR) is 51.4 cm³/mol. The van der Waals surface area contributed by atoms with Crippen LogP contribution in [0, 0.1) is 5.82 Å². The fourth-order valence-electron chi connectivity index (χ4n) is 1.60. The number of hydrogen-bond donors (Lipinski definition) is 0. The molecule has 0 aromatic heterocycles. The SMILES string of the molecule is O=C1CCN(Cc2ccccc2F)C1=O. The van der Waals surface area contributed by atoms with Gasteiger partial charge in [-0.25, -0.2) is 4.39 Å². The van der Waals surface area contributed by atoms with E-state index in [4.69, 9.17) is 0 Å². The summed E-state index contributed by atoms with van der Waals surface area (Å²) < 4.78 is 13.2. The van der Waals surface area contributed by atoms with E-state index in [1.54, 1.807) is 18.2 Å². The van der Waals surface area contributed by atoms with Crippen molar-refractivity contribution in [3.05, 3.63) is 35.6 Å². The number of rotatable bonds is 2. The van der Waals surface area contributed by atoms with E-state index >= 15 is 0 Å². The van der Waals surface area contributed by atoms with E-state index in [1.807, 2.05) is 0 Å². The molecule has 0 N–H and O–H groups in total. The molecule has 1 saturated heterocycles. The number of hydrogen-bond acceptors (Lipinski definition) is 2. The van der Waals surface area contributed by atoms with Gasteiger partial charge in [-0.3, -0.25) is 9.59 Å². The van der Waals surface area contributed by atoms with Crippen LogP contribution < -0.4 is 0 Å². The minimum absolute atomic E-state index is 0.178. The van der Waals surface area contributed by atoms with Gasteiger partial charge in [0.05, 0.1) is 0 Å². The third-order valence-electron chi connectivity index (χ3n) is 2.45. The molecule has 1 aromatic carbocycles. The molecule has 1 aromatic rings. The average molecular weight is 207 g/mol. The van der Waals surface area contributed by atoms with Gasteiger partial charge in [0, 0.05) is 25.1 Å². The molecule has 0 spiro atoms. The number of ketones is 1. The molecule has 1 aliphatic rings. The van der Waals surface area contributed by atoms with Gasteiger partial charge in [0.15, 0.2) is 0 Å². The van der Waals surface area contributed by atoms with Crippen LogP contribution in [0.15, 0.2) is 24.3 Å². The van der Waals surface area contributed by atoms with Gasteiger partial charge in [0.25, 0.3) is 5.91 Å². The zero-order valence-corrected chi connectivity index (χ0v) is 8.07. The zero-order valence-electron chi connectivity index (χ0n) is 8.07. The van der Waals surface area contributed by atoms with Crippen LogP contribution in [0.1, 0.15) is 12.0 Å². The number of carbonyl (C=O) groups is 2. The number of benzene rings is 1. The van der Waals surface area contributed by atoms with Gasteiger partial charge < -0.3 is 4.90 Å². The van der Waals surface area contributed by atoms with Crippen LogP contribution in [-0.2, 0) is 16.1 Å². The monoisotopic (exact) mass is 207 g/mol. The molecule has 0 bridgehead atoms. The summed E-state index contributed by atoms with van der Waals surface area (Å²) in [4.78, 5) is 23.6. The second-order valence-corrected chi connectivity index (χ2v) is 3.49. The topological polar surface area (TPSA) is 37.4 Å². The molecule has 1 heterocycles. The first-order chi connectivity index (χ1) is 7.18. The van der Waals surface area contributed by atoms with Gasteiger partial charge in [0.1, 0.15) is 5.82 Å². The first-order valence-corrected chi connectivity index (χ1v) is 4.74. The van der Waals surface area contributed by atoms with E-state index in [-0.39, 0.29) is 24.6 Å². The highest BCUT2D eigenvalue weighted by molar-refractivity contribution is 6.37. The highest BCUT2D eigenvalue weighted by atomic mass is 19.1. The van der Waals surface area contributed by atoms with Crippen molar-refractivity contribution in [1.82, 2.24) is 4.90 Å². The summed E-state index contributed by atoms with van der Waals surface area (Å²) in [5.41, 5.74) is 0.445. The molecule has 2 rings (SSSR count). The minimum atomic E-state index is -0.502. The van der Waals surface area contributed by atoms with Crippen molar-refractivity contribution in [2.45, 2.75) is 13.0 Å². The molecule has 15 heavy (non-hydrogen) atoms. The van der Waals surface area contributed by atoms with Gasteiger partial charge in [0.2, 0.25) is 5.78 Å². The molecule has 1 amide bonds. The number of nitrogens with zero attached hydrogens (tertiary/aromatic N) is 1. The largest absolute Gasteiger partial charge is 0.331 e. The normalized spacial score (nSPS) is 16.2. The molecule has 1 fully saturated rings. The number of likely N-dealkylation sites (tertiary alicyclic amines) is 1. The van der Waals surface area contributed by atoms with Crippen LogP contribution in [0.3, 0.4) is 0 Å². The van der Waals surface area contributed by atoms with Crippen molar-refractivity contribution < 1.29 is 14.0 Å². The molecule has 4 heteroatoms. The van der Waals surface area contributed by atoms with E-state index in [0.29, 0.717) is 12.1 Å². The van der Waals surface area contributed by atoms with Gasteiger partial charge >= 0.3 is 0 Å². The number of halogens is 1. The Labute approximate surface area is 86.5 Å². The van der Waals surface area contributed by atoms with Crippen molar-refractivity contribution in [2.75, 3.05) is 6.54 Å². The Morgan fingerprint density at radius 1 is 1.27 bits per heavy atom. The summed E-state index contributed by atoms with van der Waals surface area (Å²) in [6.07, 6.45) is 0.243. The highest BCUT2D eigenvalue weighted by Crippen LogP contribution is 2.14. The average Bonchev–Trinajstić information content (AvgIpc) is 2.53. The molecule has 78 valence electrons. The summed E-state index contributed by atoms with van der Waals surface area (Å²) in [5, 5.41) is 0. The Balaban J connectivity index is 2.13. The van der Waals surface area contributed by atoms with Crippen LogP contribution in [0.4, 0.5) is 4.39 Å². The Hall–Kier alpha value is -1.71. The smallest absolute Gasteiger partial charge is 0.290 e. The van der Waals surface area contributed by atoms with Gasteiger partial charge in [-0.15, -0.1) is 0 Å². The molecule has 3 nitrogen and oxygen atoms in total. The highest BCUT2D eigenvalue weighted by Gasteiger charge is 2.29. The van der Waals surface area contributed by atoms with Crippen LogP contribution >= 0.6 is 0 Å².